The fraction of sp³-hybridized carbons (Fsp3) is 0.421. The van der Waals surface area contributed by atoms with Gasteiger partial charge < -0.3 is 14.6 Å². The molecule has 6 nitrogen and oxygen atoms in total. The molecule has 27 heavy (non-hydrogen) atoms. The number of likely N-dealkylation sites (tertiary alicyclic amines) is 1. The molecule has 1 aliphatic heterocycles. The molecular formula is C19H22N3O3S2+. The molecule has 0 bridgehead atoms. The molecule has 3 aromatic rings. The third-order valence-electron chi connectivity index (χ3n) is 5.43. The van der Waals surface area contributed by atoms with E-state index >= 15 is 0 Å². The number of ether oxygens (including phenoxy) is 1. The van der Waals surface area contributed by atoms with Crippen LogP contribution in [0.15, 0.2) is 27.7 Å². The predicted octanol–water partition coefficient (Wildman–Crippen LogP) is 2.24. The maximum Gasteiger partial charge on any atom is 0.309 e. The third-order valence-corrected chi connectivity index (χ3v) is 7.21. The van der Waals surface area contributed by atoms with Crippen LogP contribution < -0.4 is 10.5 Å². The van der Waals surface area contributed by atoms with E-state index in [1.807, 2.05) is 22.9 Å². The lowest BCUT2D eigenvalue weighted by Gasteiger charge is -2.31. The van der Waals surface area contributed by atoms with Gasteiger partial charge in [0.15, 0.2) is 5.82 Å². The summed E-state index contributed by atoms with van der Waals surface area (Å²) in [6, 6.07) is 4.09. The van der Waals surface area contributed by atoms with Crippen LogP contribution >= 0.6 is 22.7 Å². The molecule has 1 fully saturated rings. The first kappa shape index (κ1) is 18.3. The van der Waals surface area contributed by atoms with Crippen molar-refractivity contribution in [1.82, 2.24) is 9.97 Å². The van der Waals surface area contributed by atoms with E-state index in [-0.39, 0.29) is 23.5 Å². The number of carbonyl (C=O) groups excluding carboxylic acids is 1. The molecule has 0 amide bonds. The summed E-state index contributed by atoms with van der Waals surface area (Å²) in [5.74, 6) is 0.596. The maximum atomic E-state index is 12.8. The van der Waals surface area contributed by atoms with Crippen molar-refractivity contribution >= 4 is 38.9 Å². The molecule has 3 aromatic heterocycles. The number of piperidine rings is 1. The van der Waals surface area contributed by atoms with E-state index in [4.69, 9.17) is 9.72 Å². The molecule has 0 saturated carbocycles. The summed E-state index contributed by atoms with van der Waals surface area (Å²) < 4.78 is 4.86. The quantitative estimate of drug-likeness (QED) is 0.654. The number of methoxy groups -OCH3 is 1. The number of aromatic nitrogens is 2. The Balaban J connectivity index is 1.58. The SMILES string of the molecule is COC(=O)C1CC[NH+]([C@H](C)c2nc3scc(-c4cccs4)c3c(=O)[nH]2)CC1. The van der Waals surface area contributed by atoms with Crippen LogP contribution in [-0.2, 0) is 9.53 Å². The lowest BCUT2D eigenvalue weighted by atomic mass is 9.96. The second kappa shape index (κ2) is 7.53. The summed E-state index contributed by atoms with van der Waals surface area (Å²) in [6.07, 6.45) is 1.61. The first-order valence-electron chi connectivity index (χ1n) is 9.06. The molecule has 4 heterocycles. The summed E-state index contributed by atoms with van der Waals surface area (Å²) in [5, 5.41) is 4.71. The van der Waals surface area contributed by atoms with Gasteiger partial charge in [0, 0.05) is 28.7 Å². The van der Waals surface area contributed by atoms with E-state index in [1.54, 1.807) is 11.3 Å². The molecule has 0 aromatic carbocycles. The van der Waals surface area contributed by atoms with Crippen molar-refractivity contribution in [3.8, 4) is 10.4 Å². The standard InChI is InChI=1S/C19H21N3O3S2/c1-11(22-7-5-12(6-8-22)19(24)25-2)16-20-17(23)15-13(10-27-18(15)21-16)14-4-3-9-26-14/h3-4,9-12H,5-8H2,1-2H3,(H,20,21,23)/p+1/t11-/m1/s1. The van der Waals surface area contributed by atoms with Gasteiger partial charge in [0.25, 0.3) is 5.56 Å². The van der Waals surface area contributed by atoms with E-state index in [0.717, 1.165) is 47.0 Å². The second-order valence-corrected chi connectivity index (χ2v) is 8.74. The Morgan fingerprint density at radius 1 is 1.37 bits per heavy atom. The van der Waals surface area contributed by atoms with Crippen LogP contribution in [0.1, 0.15) is 31.6 Å². The van der Waals surface area contributed by atoms with Crippen molar-refractivity contribution < 1.29 is 14.4 Å². The Kier molecular flexibility index (Phi) is 5.12. The minimum absolute atomic E-state index is 0.00825. The number of quaternary nitrogens is 1. The highest BCUT2D eigenvalue weighted by Gasteiger charge is 2.32. The van der Waals surface area contributed by atoms with Gasteiger partial charge in [-0.2, -0.15) is 0 Å². The van der Waals surface area contributed by atoms with Crippen molar-refractivity contribution in [1.29, 1.82) is 0 Å². The highest BCUT2D eigenvalue weighted by Crippen LogP contribution is 2.33. The van der Waals surface area contributed by atoms with Gasteiger partial charge in [0.1, 0.15) is 10.9 Å². The summed E-state index contributed by atoms with van der Waals surface area (Å²) >= 11 is 3.14. The van der Waals surface area contributed by atoms with Gasteiger partial charge in [0.05, 0.1) is 31.5 Å². The summed E-state index contributed by atoms with van der Waals surface area (Å²) in [7, 11) is 1.44. The molecule has 1 atom stereocenters. The molecule has 4 rings (SSSR count). The maximum absolute atomic E-state index is 12.8. The van der Waals surface area contributed by atoms with E-state index in [0.29, 0.717) is 5.39 Å². The fourth-order valence-electron chi connectivity index (χ4n) is 3.80. The van der Waals surface area contributed by atoms with Crippen LogP contribution in [0.4, 0.5) is 0 Å². The van der Waals surface area contributed by atoms with Gasteiger partial charge in [-0.15, -0.1) is 22.7 Å². The van der Waals surface area contributed by atoms with Gasteiger partial charge >= 0.3 is 5.97 Å². The molecule has 1 aliphatic rings. The van der Waals surface area contributed by atoms with Crippen molar-refractivity contribution in [2.45, 2.75) is 25.8 Å². The monoisotopic (exact) mass is 404 g/mol. The Hall–Kier alpha value is -2.03. The molecule has 142 valence electrons. The number of carbonyl (C=O) groups is 1. The lowest BCUT2D eigenvalue weighted by Crippen LogP contribution is -3.13. The van der Waals surface area contributed by atoms with E-state index in [1.165, 1.54) is 23.3 Å². The van der Waals surface area contributed by atoms with Crippen LogP contribution in [-0.4, -0.2) is 36.1 Å². The van der Waals surface area contributed by atoms with Gasteiger partial charge in [-0.05, 0) is 18.4 Å². The second-order valence-electron chi connectivity index (χ2n) is 6.94. The molecule has 0 spiro atoms. The van der Waals surface area contributed by atoms with Gasteiger partial charge in [0.2, 0.25) is 0 Å². The minimum Gasteiger partial charge on any atom is -0.469 e. The smallest absolute Gasteiger partial charge is 0.309 e. The topological polar surface area (TPSA) is 76.5 Å². The number of hydrogen-bond acceptors (Lipinski definition) is 6. The number of nitrogens with one attached hydrogen (secondary N) is 2. The molecule has 1 saturated heterocycles. The molecule has 8 heteroatoms. The molecule has 2 N–H and O–H groups in total. The van der Waals surface area contributed by atoms with E-state index in [9.17, 15) is 9.59 Å². The number of nitrogens with zero attached hydrogens (tertiary/aromatic N) is 1. The first-order valence-corrected chi connectivity index (χ1v) is 10.8. The Bertz CT molecular complexity index is 1000. The molecule has 0 aliphatic carbocycles. The van der Waals surface area contributed by atoms with E-state index < -0.39 is 0 Å². The Morgan fingerprint density at radius 2 is 2.15 bits per heavy atom. The average molecular weight is 405 g/mol. The van der Waals surface area contributed by atoms with Crippen molar-refractivity contribution in [2.24, 2.45) is 5.92 Å². The van der Waals surface area contributed by atoms with Crippen LogP contribution in [0, 0.1) is 5.92 Å². The summed E-state index contributed by atoms with van der Waals surface area (Å²) in [5.41, 5.74) is 0.888. The molecular weight excluding hydrogens is 382 g/mol. The zero-order valence-corrected chi connectivity index (χ0v) is 16.9. The van der Waals surface area contributed by atoms with Crippen LogP contribution in [0.2, 0.25) is 0 Å². The number of esters is 1. The van der Waals surface area contributed by atoms with Crippen molar-refractivity contribution in [3.63, 3.8) is 0 Å². The highest BCUT2D eigenvalue weighted by molar-refractivity contribution is 7.18. The number of hydrogen-bond donors (Lipinski definition) is 2. The first-order chi connectivity index (χ1) is 13.1. The lowest BCUT2D eigenvalue weighted by molar-refractivity contribution is -0.935. The Morgan fingerprint density at radius 3 is 2.81 bits per heavy atom. The van der Waals surface area contributed by atoms with Crippen molar-refractivity contribution in [3.05, 3.63) is 39.1 Å². The van der Waals surface area contributed by atoms with Crippen LogP contribution in [0.5, 0.6) is 0 Å². The van der Waals surface area contributed by atoms with Crippen LogP contribution in [0.25, 0.3) is 20.7 Å². The number of thiophene rings is 2. The zero-order valence-electron chi connectivity index (χ0n) is 15.3. The van der Waals surface area contributed by atoms with Gasteiger partial charge in [-0.25, -0.2) is 4.98 Å². The third kappa shape index (κ3) is 3.44. The number of rotatable bonds is 4. The fourth-order valence-corrected chi connectivity index (χ4v) is 5.57. The molecule has 0 unspecified atom stereocenters. The summed E-state index contributed by atoms with van der Waals surface area (Å²) in [4.78, 5) is 35.5. The van der Waals surface area contributed by atoms with Crippen LogP contribution in [0.3, 0.4) is 0 Å². The summed E-state index contributed by atoms with van der Waals surface area (Å²) in [6.45, 7) is 3.83. The normalized spacial score (nSPS) is 21.3. The van der Waals surface area contributed by atoms with Gasteiger partial charge in [-0.1, -0.05) is 6.07 Å². The van der Waals surface area contributed by atoms with Gasteiger partial charge in [-0.3, -0.25) is 9.59 Å². The van der Waals surface area contributed by atoms with E-state index in [2.05, 4.69) is 11.9 Å². The van der Waals surface area contributed by atoms with Crippen molar-refractivity contribution in [2.75, 3.05) is 20.2 Å². The number of aromatic amines is 1. The minimum atomic E-state index is -0.116. The number of fused-ring (bicyclic) bond motifs is 1. The molecule has 0 radical (unpaired) electrons. The largest absolute Gasteiger partial charge is 0.469 e. The zero-order chi connectivity index (χ0) is 19.0. The Labute approximate surface area is 164 Å². The average Bonchev–Trinajstić information content (AvgIpc) is 3.36. The predicted molar refractivity (Wildman–Crippen MR) is 107 cm³/mol. The number of H-pyrrole nitrogens is 1. The highest BCUT2D eigenvalue weighted by atomic mass is 32.1.